The summed E-state index contributed by atoms with van der Waals surface area (Å²) in [6.45, 7) is 3.10. The minimum atomic E-state index is -4.74. The third kappa shape index (κ3) is 5.36. The van der Waals surface area contributed by atoms with E-state index in [-0.39, 0.29) is 23.6 Å². The van der Waals surface area contributed by atoms with Crippen molar-refractivity contribution < 1.29 is 27.5 Å². The number of piperazine rings is 1. The lowest BCUT2D eigenvalue weighted by atomic mass is 10.0. The molecule has 0 bridgehead atoms. The molecule has 2 aliphatic rings. The summed E-state index contributed by atoms with van der Waals surface area (Å²) < 4.78 is 41.2. The molecule has 5 rings (SSSR count). The third-order valence-electron chi connectivity index (χ3n) is 6.42. The number of rotatable bonds is 5. The van der Waals surface area contributed by atoms with Crippen LogP contribution in [0.5, 0.6) is 5.75 Å². The van der Waals surface area contributed by atoms with Crippen LogP contribution < -0.4 is 9.64 Å². The van der Waals surface area contributed by atoms with Gasteiger partial charge in [-0.3, -0.25) is 14.5 Å². The van der Waals surface area contributed by atoms with Gasteiger partial charge in [0.15, 0.2) is 5.01 Å². The first-order valence-electron chi connectivity index (χ1n) is 11.5. The number of carbonyl (C=O) groups is 2. The molecule has 2 aromatic carbocycles. The van der Waals surface area contributed by atoms with Crippen molar-refractivity contribution in [3.8, 4) is 16.9 Å². The van der Waals surface area contributed by atoms with E-state index in [0.29, 0.717) is 44.2 Å². The van der Waals surface area contributed by atoms with Crippen LogP contribution in [0, 0.1) is 0 Å². The van der Waals surface area contributed by atoms with E-state index in [2.05, 4.69) is 14.6 Å². The van der Waals surface area contributed by atoms with E-state index in [9.17, 15) is 22.8 Å². The van der Waals surface area contributed by atoms with Crippen molar-refractivity contribution >= 4 is 28.8 Å². The van der Waals surface area contributed by atoms with E-state index in [0.717, 1.165) is 16.8 Å². The summed E-state index contributed by atoms with van der Waals surface area (Å²) in [4.78, 5) is 35.3. The molecular formula is C25H23F3N4O3S. The predicted molar refractivity (Wildman–Crippen MR) is 129 cm³/mol. The number of hydrogen-bond donors (Lipinski definition) is 0. The van der Waals surface area contributed by atoms with Crippen molar-refractivity contribution in [2.75, 3.05) is 37.6 Å². The molecule has 188 valence electrons. The standard InChI is InChI=1S/C25H23F3N4O3S/c26-25(27,28)35-21-6-4-17(5-7-21)18-2-1-3-19(14-18)32-16-20(15-22(32)33)30-9-11-31(12-10-30)24(34)23-29-8-13-36-23/h1-8,13-14,20H,9-12,15-16H2. The molecule has 1 aromatic heterocycles. The van der Waals surface area contributed by atoms with E-state index in [4.69, 9.17) is 0 Å². The molecule has 1 atom stereocenters. The van der Waals surface area contributed by atoms with Gasteiger partial charge in [-0.25, -0.2) is 4.98 Å². The van der Waals surface area contributed by atoms with Crippen LogP contribution in [0.4, 0.5) is 18.9 Å². The van der Waals surface area contributed by atoms with Gasteiger partial charge in [-0.15, -0.1) is 24.5 Å². The monoisotopic (exact) mass is 516 g/mol. The molecule has 0 N–H and O–H groups in total. The number of ether oxygens (including phenoxy) is 1. The first kappa shape index (κ1) is 24.3. The van der Waals surface area contributed by atoms with Crippen LogP contribution >= 0.6 is 11.3 Å². The number of alkyl halides is 3. The number of aromatic nitrogens is 1. The lowest BCUT2D eigenvalue weighted by Crippen LogP contribution is -2.52. The number of benzene rings is 2. The Balaban J connectivity index is 1.22. The number of halogens is 3. The Morgan fingerprint density at radius 2 is 1.78 bits per heavy atom. The smallest absolute Gasteiger partial charge is 0.406 e. The van der Waals surface area contributed by atoms with Crippen molar-refractivity contribution in [1.82, 2.24) is 14.8 Å². The second kappa shape index (κ2) is 9.90. The average molecular weight is 517 g/mol. The van der Waals surface area contributed by atoms with Gasteiger partial charge in [0.1, 0.15) is 5.75 Å². The second-order valence-electron chi connectivity index (χ2n) is 8.65. The summed E-state index contributed by atoms with van der Waals surface area (Å²) in [7, 11) is 0. The van der Waals surface area contributed by atoms with Crippen LogP contribution in [0.3, 0.4) is 0 Å². The van der Waals surface area contributed by atoms with E-state index in [1.54, 1.807) is 33.5 Å². The van der Waals surface area contributed by atoms with Gasteiger partial charge in [0.05, 0.1) is 0 Å². The maximum Gasteiger partial charge on any atom is 0.573 e. The number of anilines is 1. The SMILES string of the molecule is O=C(c1nccs1)N1CCN(C2CC(=O)N(c3cccc(-c4ccc(OC(F)(F)F)cc4)c3)C2)CC1. The largest absolute Gasteiger partial charge is 0.573 e. The highest BCUT2D eigenvalue weighted by Crippen LogP contribution is 2.31. The fourth-order valence-electron chi connectivity index (χ4n) is 4.64. The summed E-state index contributed by atoms with van der Waals surface area (Å²) in [6.07, 6.45) is -2.72. The van der Waals surface area contributed by atoms with Crippen molar-refractivity contribution in [2.45, 2.75) is 18.8 Å². The van der Waals surface area contributed by atoms with Gasteiger partial charge in [0, 0.05) is 62.5 Å². The minimum Gasteiger partial charge on any atom is -0.406 e. The predicted octanol–water partition coefficient (Wildman–Crippen LogP) is 4.27. The molecule has 2 aliphatic heterocycles. The van der Waals surface area contributed by atoms with Gasteiger partial charge in [-0.2, -0.15) is 0 Å². The zero-order valence-corrected chi connectivity index (χ0v) is 20.0. The summed E-state index contributed by atoms with van der Waals surface area (Å²) in [5.41, 5.74) is 2.25. The zero-order valence-electron chi connectivity index (χ0n) is 19.1. The molecule has 7 nitrogen and oxygen atoms in total. The molecule has 3 heterocycles. The first-order valence-corrected chi connectivity index (χ1v) is 12.3. The number of hydrogen-bond acceptors (Lipinski definition) is 6. The van der Waals surface area contributed by atoms with Crippen molar-refractivity contribution in [1.29, 1.82) is 0 Å². The minimum absolute atomic E-state index is 0.0207. The van der Waals surface area contributed by atoms with Gasteiger partial charge in [-0.05, 0) is 35.4 Å². The molecule has 11 heteroatoms. The Kier molecular flexibility index (Phi) is 6.67. The van der Waals surface area contributed by atoms with Crippen LogP contribution in [0.1, 0.15) is 16.2 Å². The maximum absolute atomic E-state index is 12.9. The fourth-order valence-corrected chi connectivity index (χ4v) is 5.24. The van der Waals surface area contributed by atoms with E-state index < -0.39 is 6.36 Å². The second-order valence-corrected chi connectivity index (χ2v) is 9.54. The highest BCUT2D eigenvalue weighted by atomic mass is 32.1. The highest BCUT2D eigenvalue weighted by Gasteiger charge is 2.36. The highest BCUT2D eigenvalue weighted by molar-refractivity contribution is 7.11. The van der Waals surface area contributed by atoms with Crippen LogP contribution in [-0.4, -0.2) is 71.7 Å². The Morgan fingerprint density at radius 3 is 2.44 bits per heavy atom. The van der Waals surface area contributed by atoms with Crippen molar-refractivity contribution in [3.05, 3.63) is 65.1 Å². The topological polar surface area (TPSA) is 66.0 Å². The lowest BCUT2D eigenvalue weighted by molar-refractivity contribution is -0.274. The van der Waals surface area contributed by atoms with Crippen LogP contribution in [0.2, 0.25) is 0 Å². The number of amides is 2. The number of thiazole rings is 1. The van der Waals surface area contributed by atoms with E-state index in [1.165, 1.54) is 23.5 Å². The average Bonchev–Trinajstić information content (AvgIpc) is 3.54. The number of carbonyl (C=O) groups excluding carboxylic acids is 2. The molecule has 1 unspecified atom stereocenters. The van der Waals surface area contributed by atoms with Gasteiger partial charge >= 0.3 is 6.36 Å². The first-order chi connectivity index (χ1) is 17.3. The van der Waals surface area contributed by atoms with Gasteiger partial charge in [-0.1, -0.05) is 24.3 Å². The third-order valence-corrected chi connectivity index (χ3v) is 7.18. The van der Waals surface area contributed by atoms with Crippen LogP contribution in [0.25, 0.3) is 11.1 Å². The molecule has 0 spiro atoms. The Labute approximate surface area is 209 Å². The Hall–Kier alpha value is -3.44. The molecule has 2 saturated heterocycles. The van der Waals surface area contributed by atoms with Gasteiger partial charge in [0.25, 0.3) is 5.91 Å². The quantitative estimate of drug-likeness (QED) is 0.507. The normalized spacial score (nSPS) is 19.1. The molecule has 36 heavy (non-hydrogen) atoms. The van der Waals surface area contributed by atoms with E-state index in [1.807, 2.05) is 24.3 Å². The molecule has 3 aromatic rings. The Bertz CT molecular complexity index is 1230. The molecular weight excluding hydrogens is 493 g/mol. The van der Waals surface area contributed by atoms with Gasteiger partial charge in [0.2, 0.25) is 5.91 Å². The summed E-state index contributed by atoms with van der Waals surface area (Å²) in [6, 6.07) is 13.1. The van der Waals surface area contributed by atoms with Gasteiger partial charge < -0.3 is 14.5 Å². The van der Waals surface area contributed by atoms with Crippen LogP contribution in [0.15, 0.2) is 60.1 Å². The molecule has 0 saturated carbocycles. The Morgan fingerprint density at radius 1 is 1.03 bits per heavy atom. The molecule has 2 fully saturated rings. The summed E-state index contributed by atoms with van der Waals surface area (Å²) in [5, 5.41) is 2.28. The van der Waals surface area contributed by atoms with Crippen LogP contribution in [-0.2, 0) is 4.79 Å². The fraction of sp³-hybridized carbons (Fsp3) is 0.320. The van der Waals surface area contributed by atoms with E-state index >= 15 is 0 Å². The van der Waals surface area contributed by atoms with Crippen molar-refractivity contribution in [2.24, 2.45) is 0 Å². The molecule has 2 amide bonds. The molecule has 0 radical (unpaired) electrons. The maximum atomic E-state index is 12.9. The summed E-state index contributed by atoms with van der Waals surface area (Å²) >= 11 is 1.33. The van der Waals surface area contributed by atoms with Crippen molar-refractivity contribution in [3.63, 3.8) is 0 Å². The molecule has 0 aliphatic carbocycles. The summed E-state index contributed by atoms with van der Waals surface area (Å²) in [5.74, 6) is -0.315. The lowest BCUT2D eigenvalue weighted by Gasteiger charge is -2.37. The number of nitrogens with zero attached hydrogens (tertiary/aromatic N) is 4. The zero-order chi connectivity index (χ0) is 25.3.